The molecule has 1 saturated carbocycles. The van der Waals surface area contributed by atoms with Gasteiger partial charge in [-0.05, 0) is 37.5 Å². The third-order valence-electron chi connectivity index (χ3n) is 3.49. The molecule has 1 aromatic rings. The van der Waals surface area contributed by atoms with Crippen LogP contribution in [0.2, 0.25) is 0 Å². The number of benzene rings is 1. The zero-order valence-electron chi connectivity index (χ0n) is 11.4. The van der Waals surface area contributed by atoms with Crippen LogP contribution in [0.15, 0.2) is 18.2 Å². The third-order valence-corrected chi connectivity index (χ3v) is 3.49. The molecule has 1 fully saturated rings. The SMILES string of the molecule is CCCCN(c1ccc(C(F)(F)F)cc1C#N)C1CC1. The molecule has 0 radical (unpaired) electrons. The maximum atomic E-state index is 12.7. The van der Waals surface area contributed by atoms with Crippen LogP contribution in [0, 0.1) is 11.3 Å². The highest BCUT2D eigenvalue weighted by molar-refractivity contribution is 5.62. The Hall–Kier alpha value is -1.70. The first-order chi connectivity index (χ1) is 9.47. The first kappa shape index (κ1) is 14.7. The van der Waals surface area contributed by atoms with Crippen LogP contribution >= 0.6 is 0 Å². The predicted molar refractivity (Wildman–Crippen MR) is 71.4 cm³/mol. The fraction of sp³-hybridized carbons (Fsp3) is 0.533. The van der Waals surface area contributed by atoms with E-state index in [1.807, 2.05) is 6.07 Å². The fourth-order valence-electron chi connectivity index (χ4n) is 2.27. The number of rotatable bonds is 5. The van der Waals surface area contributed by atoms with Crippen LogP contribution in [0.3, 0.4) is 0 Å². The van der Waals surface area contributed by atoms with Crippen LogP contribution in [0.4, 0.5) is 18.9 Å². The highest BCUT2D eigenvalue weighted by Crippen LogP contribution is 2.37. The monoisotopic (exact) mass is 282 g/mol. The summed E-state index contributed by atoms with van der Waals surface area (Å²) in [6, 6.07) is 5.75. The molecule has 0 unspecified atom stereocenters. The van der Waals surface area contributed by atoms with Gasteiger partial charge >= 0.3 is 6.18 Å². The summed E-state index contributed by atoms with van der Waals surface area (Å²) in [5.74, 6) is 0. The van der Waals surface area contributed by atoms with E-state index in [1.54, 1.807) is 0 Å². The van der Waals surface area contributed by atoms with Crippen molar-refractivity contribution in [1.29, 1.82) is 5.26 Å². The smallest absolute Gasteiger partial charge is 0.367 e. The number of halogens is 3. The normalized spacial score (nSPS) is 14.9. The Morgan fingerprint density at radius 3 is 2.55 bits per heavy atom. The van der Waals surface area contributed by atoms with Crippen molar-refractivity contribution in [2.75, 3.05) is 11.4 Å². The highest BCUT2D eigenvalue weighted by Gasteiger charge is 2.33. The Labute approximate surface area is 116 Å². The summed E-state index contributed by atoms with van der Waals surface area (Å²) in [4.78, 5) is 2.09. The molecule has 108 valence electrons. The summed E-state index contributed by atoms with van der Waals surface area (Å²) in [5.41, 5.74) is -0.0108. The average Bonchev–Trinajstić information content (AvgIpc) is 3.22. The van der Waals surface area contributed by atoms with Gasteiger partial charge < -0.3 is 4.90 Å². The third kappa shape index (κ3) is 3.24. The predicted octanol–water partition coefficient (Wildman–Crippen LogP) is 4.35. The van der Waals surface area contributed by atoms with Gasteiger partial charge in [0.25, 0.3) is 0 Å². The van der Waals surface area contributed by atoms with E-state index in [0.717, 1.165) is 44.4 Å². The van der Waals surface area contributed by atoms with Crippen LogP contribution in [-0.2, 0) is 6.18 Å². The lowest BCUT2D eigenvalue weighted by atomic mass is 10.1. The van der Waals surface area contributed by atoms with Crippen LogP contribution in [0.5, 0.6) is 0 Å². The van der Waals surface area contributed by atoms with Crippen LogP contribution in [0.25, 0.3) is 0 Å². The summed E-state index contributed by atoms with van der Waals surface area (Å²) in [6.45, 7) is 2.87. The van der Waals surface area contributed by atoms with Gasteiger partial charge in [-0.1, -0.05) is 13.3 Å². The van der Waals surface area contributed by atoms with Gasteiger partial charge in [-0.15, -0.1) is 0 Å². The molecule has 0 aliphatic heterocycles. The number of hydrogen-bond acceptors (Lipinski definition) is 2. The lowest BCUT2D eigenvalue weighted by molar-refractivity contribution is -0.137. The van der Waals surface area contributed by atoms with Crippen molar-refractivity contribution in [3.8, 4) is 6.07 Å². The zero-order valence-corrected chi connectivity index (χ0v) is 11.4. The van der Waals surface area contributed by atoms with Crippen LogP contribution < -0.4 is 4.90 Å². The second kappa shape index (κ2) is 5.74. The molecule has 5 heteroatoms. The van der Waals surface area contributed by atoms with Crippen LogP contribution in [0.1, 0.15) is 43.7 Å². The zero-order chi connectivity index (χ0) is 14.8. The molecule has 0 atom stereocenters. The van der Waals surface area contributed by atoms with Crippen molar-refractivity contribution in [1.82, 2.24) is 0 Å². The number of nitrogens with zero attached hydrogens (tertiary/aromatic N) is 2. The maximum absolute atomic E-state index is 12.7. The summed E-state index contributed by atoms with van der Waals surface area (Å²) in [7, 11) is 0. The van der Waals surface area contributed by atoms with Gasteiger partial charge in [0.2, 0.25) is 0 Å². The number of unbranched alkanes of at least 4 members (excludes halogenated alkanes) is 1. The minimum atomic E-state index is -4.40. The highest BCUT2D eigenvalue weighted by atomic mass is 19.4. The van der Waals surface area contributed by atoms with Crippen molar-refractivity contribution in [2.24, 2.45) is 0 Å². The molecular formula is C15H17F3N2. The minimum absolute atomic E-state index is 0.114. The molecular weight excluding hydrogens is 265 g/mol. The van der Waals surface area contributed by atoms with E-state index >= 15 is 0 Å². The molecule has 2 rings (SSSR count). The number of alkyl halides is 3. The van der Waals surface area contributed by atoms with E-state index in [4.69, 9.17) is 5.26 Å². The Balaban J connectivity index is 2.32. The first-order valence-corrected chi connectivity index (χ1v) is 6.85. The Morgan fingerprint density at radius 2 is 2.05 bits per heavy atom. The molecule has 1 aliphatic carbocycles. The Kier molecular flexibility index (Phi) is 4.22. The van der Waals surface area contributed by atoms with E-state index < -0.39 is 11.7 Å². The molecule has 0 N–H and O–H groups in total. The van der Waals surface area contributed by atoms with Gasteiger partial charge in [0, 0.05) is 12.6 Å². The maximum Gasteiger partial charge on any atom is 0.416 e. The van der Waals surface area contributed by atoms with E-state index in [0.29, 0.717) is 11.7 Å². The lowest BCUT2D eigenvalue weighted by Crippen LogP contribution is -2.27. The summed E-state index contributed by atoms with van der Waals surface area (Å²) in [5, 5.41) is 9.14. The van der Waals surface area contributed by atoms with Gasteiger partial charge in [-0.2, -0.15) is 18.4 Å². The fourth-order valence-corrected chi connectivity index (χ4v) is 2.27. The van der Waals surface area contributed by atoms with Gasteiger partial charge in [0.1, 0.15) is 6.07 Å². The molecule has 2 nitrogen and oxygen atoms in total. The molecule has 20 heavy (non-hydrogen) atoms. The van der Waals surface area contributed by atoms with Gasteiger partial charge in [0.15, 0.2) is 0 Å². The van der Waals surface area contributed by atoms with Crippen molar-refractivity contribution < 1.29 is 13.2 Å². The lowest BCUT2D eigenvalue weighted by Gasteiger charge is -2.26. The molecule has 0 amide bonds. The number of anilines is 1. The molecule has 0 aromatic heterocycles. The average molecular weight is 282 g/mol. The number of hydrogen-bond donors (Lipinski definition) is 0. The van der Waals surface area contributed by atoms with E-state index in [2.05, 4.69) is 11.8 Å². The van der Waals surface area contributed by atoms with Gasteiger partial charge in [0.05, 0.1) is 16.8 Å². The van der Waals surface area contributed by atoms with Crippen molar-refractivity contribution in [2.45, 2.75) is 44.8 Å². The minimum Gasteiger partial charge on any atom is -0.367 e. The molecule has 0 spiro atoms. The number of nitriles is 1. The second-order valence-corrected chi connectivity index (χ2v) is 5.12. The summed E-state index contributed by atoms with van der Waals surface area (Å²) >= 11 is 0. The molecule has 1 aliphatic rings. The van der Waals surface area contributed by atoms with Gasteiger partial charge in [-0.3, -0.25) is 0 Å². The summed E-state index contributed by atoms with van der Waals surface area (Å²) < 4.78 is 38.1. The molecule has 1 aromatic carbocycles. The van der Waals surface area contributed by atoms with Crippen molar-refractivity contribution >= 4 is 5.69 Å². The topological polar surface area (TPSA) is 27.0 Å². The van der Waals surface area contributed by atoms with Gasteiger partial charge in [-0.25, -0.2) is 0 Å². The van der Waals surface area contributed by atoms with Crippen LogP contribution in [-0.4, -0.2) is 12.6 Å². The Morgan fingerprint density at radius 1 is 1.35 bits per heavy atom. The quantitative estimate of drug-likeness (QED) is 0.803. The first-order valence-electron chi connectivity index (χ1n) is 6.85. The summed E-state index contributed by atoms with van der Waals surface area (Å²) in [6.07, 6.45) is -0.308. The second-order valence-electron chi connectivity index (χ2n) is 5.12. The Bertz CT molecular complexity index is 513. The molecule has 0 heterocycles. The molecule has 0 bridgehead atoms. The largest absolute Gasteiger partial charge is 0.416 e. The van der Waals surface area contributed by atoms with E-state index in [9.17, 15) is 13.2 Å². The molecule has 0 saturated heterocycles. The van der Waals surface area contributed by atoms with E-state index in [1.165, 1.54) is 6.07 Å². The van der Waals surface area contributed by atoms with E-state index in [-0.39, 0.29) is 5.56 Å². The van der Waals surface area contributed by atoms with Crippen molar-refractivity contribution in [3.63, 3.8) is 0 Å². The standard InChI is InChI=1S/C15H17F3N2/c1-2-3-8-20(13-5-6-13)14-7-4-12(15(16,17)18)9-11(14)10-19/h4,7,9,13H,2-3,5-6,8H2,1H3. The van der Waals surface area contributed by atoms with Crippen molar-refractivity contribution in [3.05, 3.63) is 29.3 Å².